The highest BCUT2D eigenvalue weighted by molar-refractivity contribution is 5.56. The van der Waals surface area contributed by atoms with Crippen LogP contribution in [0.15, 0.2) is 36.4 Å². The van der Waals surface area contributed by atoms with Gasteiger partial charge in [-0.05, 0) is 56.9 Å². The van der Waals surface area contributed by atoms with E-state index in [0.29, 0.717) is 23.7 Å². The van der Waals surface area contributed by atoms with Crippen molar-refractivity contribution in [1.82, 2.24) is 4.90 Å². The van der Waals surface area contributed by atoms with E-state index in [4.69, 9.17) is 10.5 Å². The lowest BCUT2D eigenvalue weighted by Gasteiger charge is -2.16. The zero-order chi connectivity index (χ0) is 14.7. The molecule has 0 fully saturated rings. The average molecular weight is 274 g/mol. The van der Waals surface area contributed by atoms with Gasteiger partial charge in [-0.25, -0.2) is 4.39 Å². The smallest absolute Gasteiger partial charge is 0.150 e. The van der Waals surface area contributed by atoms with Gasteiger partial charge in [0.15, 0.2) is 0 Å². The van der Waals surface area contributed by atoms with Crippen molar-refractivity contribution in [1.29, 1.82) is 0 Å². The van der Waals surface area contributed by atoms with Gasteiger partial charge < -0.3 is 15.4 Å². The lowest BCUT2D eigenvalue weighted by molar-refractivity contribution is 0.387. The van der Waals surface area contributed by atoms with Crippen molar-refractivity contribution in [3.63, 3.8) is 0 Å². The molecule has 0 atom stereocenters. The molecule has 0 saturated heterocycles. The molecule has 20 heavy (non-hydrogen) atoms. The van der Waals surface area contributed by atoms with E-state index in [1.54, 1.807) is 6.07 Å². The molecular formula is C16H19FN2O. The van der Waals surface area contributed by atoms with Crippen LogP contribution in [0.2, 0.25) is 0 Å². The first kappa shape index (κ1) is 14.3. The van der Waals surface area contributed by atoms with Crippen LogP contribution in [0.1, 0.15) is 11.1 Å². The first-order valence-electron chi connectivity index (χ1n) is 6.43. The molecule has 0 unspecified atom stereocenters. The minimum atomic E-state index is -0.272. The molecule has 0 amide bonds. The zero-order valence-electron chi connectivity index (χ0n) is 12.0. The van der Waals surface area contributed by atoms with Crippen LogP contribution in [0.25, 0.3) is 0 Å². The zero-order valence-corrected chi connectivity index (χ0v) is 12.0. The summed E-state index contributed by atoms with van der Waals surface area (Å²) in [4.78, 5) is 1.96. The molecular weight excluding hydrogens is 255 g/mol. The van der Waals surface area contributed by atoms with E-state index in [-0.39, 0.29) is 5.82 Å². The minimum absolute atomic E-state index is 0.272. The fourth-order valence-electron chi connectivity index (χ4n) is 1.99. The number of hydrogen-bond acceptors (Lipinski definition) is 3. The summed E-state index contributed by atoms with van der Waals surface area (Å²) >= 11 is 0. The molecule has 0 heterocycles. The molecule has 2 aromatic rings. The minimum Gasteiger partial charge on any atom is -0.455 e. The Kier molecular flexibility index (Phi) is 4.25. The van der Waals surface area contributed by atoms with E-state index in [9.17, 15) is 4.39 Å². The van der Waals surface area contributed by atoms with Crippen molar-refractivity contribution < 1.29 is 9.13 Å². The van der Waals surface area contributed by atoms with Crippen molar-refractivity contribution in [2.24, 2.45) is 0 Å². The molecule has 0 spiro atoms. The summed E-state index contributed by atoms with van der Waals surface area (Å²) in [6, 6.07) is 10.1. The molecule has 0 radical (unpaired) electrons. The SMILES string of the molecule is Cc1ccc(Oc2ccc(F)cc2CN(C)C)c(N)c1. The first-order valence-corrected chi connectivity index (χ1v) is 6.43. The second-order valence-electron chi connectivity index (χ2n) is 5.13. The first-order chi connectivity index (χ1) is 9.45. The summed E-state index contributed by atoms with van der Waals surface area (Å²) < 4.78 is 19.2. The molecule has 0 aliphatic heterocycles. The Morgan fingerprint density at radius 1 is 1.10 bits per heavy atom. The monoisotopic (exact) mass is 274 g/mol. The van der Waals surface area contributed by atoms with Gasteiger partial charge in [0, 0.05) is 12.1 Å². The summed E-state index contributed by atoms with van der Waals surface area (Å²) in [5.41, 5.74) is 8.37. The predicted octanol–water partition coefficient (Wildman–Crippen LogP) is 3.57. The van der Waals surface area contributed by atoms with Crippen LogP contribution < -0.4 is 10.5 Å². The number of nitrogens with two attached hydrogens (primary N) is 1. The number of halogens is 1. The third-order valence-corrected chi connectivity index (χ3v) is 2.89. The Labute approximate surface area is 118 Å². The van der Waals surface area contributed by atoms with Gasteiger partial charge in [0.1, 0.15) is 17.3 Å². The third kappa shape index (κ3) is 3.48. The van der Waals surface area contributed by atoms with E-state index in [2.05, 4.69) is 0 Å². The molecule has 2 aromatic carbocycles. The number of nitrogen functional groups attached to an aromatic ring is 1. The van der Waals surface area contributed by atoms with Crippen molar-refractivity contribution in [3.8, 4) is 11.5 Å². The normalized spacial score (nSPS) is 10.8. The molecule has 0 saturated carbocycles. The Morgan fingerprint density at radius 3 is 2.45 bits per heavy atom. The molecule has 0 aliphatic rings. The molecule has 2 N–H and O–H groups in total. The van der Waals surface area contributed by atoms with Gasteiger partial charge in [-0.2, -0.15) is 0 Å². The largest absolute Gasteiger partial charge is 0.455 e. The van der Waals surface area contributed by atoms with Crippen LogP contribution in [0, 0.1) is 12.7 Å². The average Bonchev–Trinajstić information content (AvgIpc) is 2.34. The number of aryl methyl sites for hydroxylation is 1. The van der Waals surface area contributed by atoms with Gasteiger partial charge in [0.2, 0.25) is 0 Å². The second-order valence-corrected chi connectivity index (χ2v) is 5.13. The molecule has 3 nitrogen and oxygen atoms in total. The van der Waals surface area contributed by atoms with Crippen LogP contribution in [0.5, 0.6) is 11.5 Å². The van der Waals surface area contributed by atoms with E-state index in [1.165, 1.54) is 12.1 Å². The number of anilines is 1. The molecule has 4 heteroatoms. The number of nitrogens with zero attached hydrogens (tertiary/aromatic N) is 1. The summed E-state index contributed by atoms with van der Waals surface area (Å²) in [6.45, 7) is 2.56. The van der Waals surface area contributed by atoms with Crippen LogP contribution in [0.4, 0.5) is 10.1 Å². The second kappa shape index (κ2) is 5.92. The lowest BCUT2D eigenvalue weighted by Crippen LogP contribution is -2.11. The molecule has 0 bridgehead atoms. The Hall–Kier alpha value is -2.07. The predicted molar refractivity (Wildman–Crippen MR) is 79.5 cm³/mol. The fraction of sp³-hybridized carbons (Fsp3) is 0.250. The van der Waals surface area contributed by atoms with Gasteiger partial charge in [-0.3, -0.25) is 0 Å². The van der Waals surface area contributed by atoms with Gasteiger partial charge in [0.25, 0.3) is 0 Å². The third-order valence-electron chi connectivity index (χ3n) is 2.89. The Morgan fingerprint density at radius 2 is 1.80 bits per heavy atom. The summed E-state index contributed by atoms with van der Waals surface area (Å²) in [7, 11) is 3.85. The van der Waals surface area contributed by atoms with Crippen molar-refractivity contribution >= 4 is 5.69 Å². The Bertz CT molecular complexity index is 611. The standard InChI is InChI=1S/C16H19FN2O/c1-11-4-6-16(14(18)8-11)20-15-7-5-13(17)9-12(15)10-19(2)3/h4-9H,10,18H2,1-3H3. The maximum atomic E-state index is 13.4. The van der Waals surface area contributed by atoms with E-state index in [0.717, 1.165) is 11.1 Å². The number of benzene rings is 2. The maximum absolute atomic E-state index is 13.4. The summed E-state index contributed by atoms with van der Waals surface area (Å²) in [6.07, 6.45) is 0. The lowest BCUT2D eigenvalue weighted by atomic mass is 10.1. The molecule has 106 valence electrons. The molecule has 0 aliphatic carbocycles. The molecule has 2 rings (SSSR count). The van der Waals surface area contributed by atoms with Crippen LogP contribution in [-0.4, -0.2) is 19.0 Å². The number of ether oxygens (including phenoxy) is 1. The van der Waals surface area contributed by atoms with Crippen LogP contribution in [0.3, 0.4) is 0 Å². The molecule has 0 aromatic heterocycles. The quantitative estimate of drug-likeness (QED) is 0.866. The summed E-state index contributed by atoms with van der Waals surface area (Å²) in [5, 5.41) is 0. The van der Waals surface area contributed by atoms with Gasteiger partial charge in [-0.1, -0.05) is 6.07 Å². The van der Waals surface area contributed by atoms with Crippen LogP contribution in [-0.2, 0) is 6.54 Å². The summed E-state index contributed by atoms with van der Waals surface area (Å²) in [5.74, 6) is 0.934. The Balaban J connectivity index is 2.32. The van der Waals surface area contributed by atoms with E-state index < -0.39 is 0 Å². The van der Waals surface area contributed by atoms with Gasteiger partial charge in [-0.15, -0.1) is 0 Å². The van der Waals surface area contributed by atoms with Crippen molar-refractivity contribution in [2.75, 3.05) is 19.8 Å². The maximum Gasteiger partial charge on any atom is 0.150 e. The fourth-order valence-corrected chi connectivity index (χ4v) is 1.99. The van der Waals surface area contributed by atoms with E-state index in [1.807, 2.05) is 44.1 Å². The van der Waals surface area contributed by atoms with Gasteiger partial charge >= 0.3 is 0 Å². The highest BCUT2D eigenvalue weighted by Crippen LogP contribution is 2.31. The topological polar surface area (TPSA) is 38.5 Å². The van der Waals surface area contributed by atoms with Crippen molar-refractivity contribution in [2.45, 2.75) is 13.5 Å². The number of rotatable bonds is 4. The van der Waals surface area contributed by atoms with Gasteiger partial charge in [0.05, 0.1) is 5.69 Å². The van der Waals surface area contributed by atoms with Crippen LogP contribution >= 0.6 is 0 Å². The highest BCUT2D eigenvalue weighted by Gasteiger charge is 2.09. The van der Waals surface area contributed by atoms with E-state index >= 15 is 0 Å². The highest BCUT2D eigenvalue weighted by atomic mass is 19.1. The van der Waals surface area contributed by atoms with Crippen molar-refractivity contribution in [3.05, 3.63) is 53.3 Å². The number of hydrogen-bond donors (Lipinski definition) is 1.